The predicted octanol–water partition coefficient (Wildman–Crippen LogP) is 4.63. The normalized spacial score (nSPS) is 11.4. The number of nitrogens with one attached hydrogen (secondary N) is 2. The molecule has 0 radical (unpaired) electrons. The second kappa shape index (κ2) is 12.2. The van der Waals surface area contributed by atoms with Gasteiger partial charge in [0.15, 0.2) is 5.13 Å². The standard InChI is InChI=1S/C24H25N3O5S2/c1-4-32-21(28)13-18-14-33-24(26-18)27-22(29)15(2)34-20-7-5-6-17(12-20)25-23(30)16-8-10-19(31-3)11-9-16/h5-12,14-15H,4,13H2,1-3H3,(H,25,30)(H,26,27,29). The zero-order valence-electron chi connectivity index (χ0n) is 19.0. The van der Waals surface area contributed by atoms with Crippen LogP contribution in [0.5, 0.6) is 5.75 Å². The first-order valence-electron chi connectivity index (χ1n) is 10.5. The fourth-order valence-electron chi connectivity index (χ4n) is 2.86. The molecule has 0 aliphatic carbocycles. The monoisotopic (exact) mass is 499 g/mol. The number of hydrogen-bond acceptors (Lipinski definition) is 8. The third-order valence-electron chi connectivity index (χ3n) is 4.54. The van der Waals surface area contributed by atoms with Gasteiger partial charge in [0.1, 0.15) is 5.75 Å². The van der Waals surface area contributed by atoms with Gasteiger partial charge in [0, 0.05) is 21.5 Å². The molecular formula is C24H25N3O5S2. The zero-order chi connectivity index (χ0) is 24.5. The van der Waals surface area contributed by atoms with Crippen LogP contribution in [0.1, 0.15) is 29.9 Å². The number of amides is 2. The quantitative estimate of drug-likeness (QED) is 0.309. The molecule has 0 fully saturated rings. The first-order chi connectivity index (χ1) is 16.4. The molecule has 10 heteroatoms. The van der Waals surface area contributed by atoms with Crippen LogP contribution < -0.4 is 15.4 Å². The van der Waals surface area contributed by atoms with Gasteiger partial charge >= 0.3 is 5.97 Å². The first-order valence-corrected chi connectivity index (χ1v) is 12.3. The largest absolute Gasteiger partial charge is 0.497 e. The molecule has 2 N–H and O–H groups in total. The lowest BCUT2D eigenvalue weighted by Gasteiger charge is -2.12. The van der Waals surface area contributed by atoms with Crippen molar-refractivity contribution in [1.82, 2.24) is 4.98 Å². The molecule has 0 saturated heterocycles. The van der Waals surface area contributed by atoms with Crippen LogP contribution in [-0.2, 0) is 20.7 Å². The highest BCUT2D eigenvalue weighted by atomic mass is 32.2. The Kier molecular flexibility index (Phi) is 9.06. The molecule has 34 heavy (non-hydrogen) atoms. The minimum absolute atomic E-state index is 0.0690. The molecule has 2 amide bonds. The van der Waals surface area contributed by atoms with Gasteiger partial charge < -0.3 is 20.1 Å². The number of ether oxygens (including phenoxy) is 2. The number of benzene rings is 2. The smallest absolute Gasteiger partial charge is 0.311 e. The third-order valence-corrected chi connectivity index (χ3v) is 6.44. The summed E-state index contributed by atoms with van der Waals surface area (Å²) in [5, 5.41) is 7.38. The van der Waals surface area contributed by atoms with Crippen molar-refractivity contribution in [1.29, 1.82) is 0 Å². The number of aromatic nitrogens is 1. The van der Waals surface area contributed by atoms with Crippen molar-refractivity contribution in [2.24, 2.45) is 0 Å². The number of thioether (sulfide) groups is 1. The Balaban J connectivity index is 1.55. The van der Waals surface area contributed by atoms with Crippen LogP contribution in [0.15, 0.2) is 58.8 Å². The van der Waals surface area contributed by atoms with Gasteiger partial charge in [-0.3, -0.25) is 14.4 Å². The Hall–Kier alpha value is -3.37. The van der Waals surface area contributed by atoms with Crippen LogP contribution in [0.25, 0.3) is 0 Å². The number of carbonyl (C=O) groups excluding carboxylic acids is 3. The third kappa shape index (κ3) is 7.32. The van der Waals surface area contributed by atoms with E-state index in [1.807, 2.05) is 18.2 Å². The number of hydrogen-bond donors (Lipinski definition) is 2. The Bertz CT molecular complexity index is 1150. The highest BCUT2D eigenvalue weighted by Crippen LogP contribution is 2.27. The van der Waals surface area contributed by atoms with E-state index in [1.54, 1.807) is 56.7 Å². The maximum absolute atomic E-state index is 12.6. The molecule has 1 aromatic heterocycles. The van der Waals surface area contributed by atoms with Crippen molar-refractivity contribution in [3.63, 3.8) is 0 Å². The van der Waals surface area contributed by atoms with Gasteiger partial charge in [0.05, 0.1) is 31.1 Å². The van der Waals surface area contributed by atoms with Crippen LogP contribution in [-0.4, -0.2) is 41.7 Å². The van der Waals surface area contributed by atoms with E-state index in [0.29, 0.717) is 34.4 Å². The van der Waals surface area contributed by atoms with Crippen molar-refractivity contribution >= 4 is 51.7 Å². The van der Waals surface area contributed by atoms with Gasteiger partial charge in [-0.15, -0.1) is 23.1 Å². The number of anilines is 2. The summed E-state index contributed by atoms with van der Waals surface area (Å²) in [7, 11) is 1.57. The molecule has 1 atom stereocenters. The Morgan fingerprint density at radius 3 is 2.59 bits per heavy atom. The second-order valence-electron chi connectivity index (χ2n) is 7.09. The average Bonchev–Trinajstić information content (AvgIpc) is 3.25. The van der Waals surface area contributed by atoms with E-state index in [2.05, 4.69) is 15.6 Å². The maximum atomic E-state index is 12.6. The molecule has 0 aliphatic rings. The maximum Gasteiger partial charge on any atom is 0.311 e. The van der Waals surface area contributed by atoms with Gasteiger partial charge in [0.25, 0.3) is 5.91 Å². The molecule has 3 aromatic rings. The van der Waals surface area contributed by atoms with Crippen molar-refractivity contribution in [3.05, 3.63) is 65.2 Å². The van der Waals surface area contributed by atoms with Crippen molar-refractivity contribution in [2.75, 3.05) is 24.4 Å². The lowest BCUT2D eigenvalue weighted by molar-refractivity contribution is -0.142. The van der Waals surface area contributed by atoms with E-state index in [0.717, 1.165) is 4.90 Å². The van der Waals surface area contributed by atoms with Gasteiger partial charge in [0.2, 0.25) is 5.91 Å². The van der Waals surface area contributed by atoms with Crippen LogP contribution in [0, 0.1) is 0 Å². The lowest BCUT2D eigenvalue weighted by atomic mass is 10.2. The van der Waals surface area contributed by atoms with Gasteiger partial charge in [-0.25, -0.2) is 4.98 Å². The van der Waals surface area contributed by atoms with Gasteiger partial charge in [-0.1, -0.05) is 6.07 Å². The lowest BCUT2D eigenvalue weighted by Crippen LogP contribution is -2.22. The minimum atomic E-state index is -0.412. The average molecular weight is 500 g/mol. The van der Waals surface area contributed by atoms with Crippen LogP contribution in [0.3, 0.4) is 0 Å². The van der Waals surface area contributed by atoms with Gasteiger partial charge in [-0.2, -0.15) is 0 Å². The van der Waals surface area contributed by atoms with Crippen LogP contribution >= 0.6 is 23.1 Å². The van der Waals surface area contributed by atoms with E-state index in [-0.39, 0.29) is 24.2 Å². The van der Waals surface area contributed by atoms with Crippen molar-refractivity contribution in [2.45, 2.75) is 30.4 Å². The number of thiazole rings is 1. The summed E-state index contributed by atoms with van der Waals surface area (Å²) in [6.45, 7) is 3.84. The van der Waals surface area contributed by atoms with Gasteiger partial charge in [-0.05, 0) is 56.3 Å². The number of carbonyl (C=O) groups is 3. The first kappa shape index (κ1) is 25.3. The summed E-state index contributed by atoms with van der Waals surface area (Å²) < 4.78 is 10.0. The molecule has 0 spiro atoms. The summed E-state index contributed by atoms with van der Waals surface area (Å²) in [4.78, 5) is 41.8. The summed E-state index contributed by atoms with van der Waals surface area (Å²) in [6.07, 6.45) is 0.0690. The molecule has 8 nitrogen and oxygen atoms in total. The van der Waals surface area contributed by atoms with Crippen LogP contribution in [0.2, 0.25) is 0 Å². The molecule has 0 bridgehead atoms. The van der Waals surface area contributed by atoms with E-state index in [9.17, 15) is 14.4 Å². The summed E-state index contributed by atoms with van der Waals surface area (Å²) >= 11 is 2.62. The fraction of sp³-hybridized carbons (Fsp3) is 0.250. The van der Waals surface area contributed by atoms with E-state index in [1.165, 1.54) is 23.1 Å². The number of esters is 1. The molecule has 3 rings (SSSR count). The predicted molar refractivity (Wildman–Crippen MR) is 134 cm³/mol. The molecule has 1 unspecified atom stereocenters. The Morgan fingerprint density at radius 1 is 1.12 bits per heavy atom. The summed E-state index contributed by atoms with van der Waals surface area (Å²) in [6, 6.07) is 14.1. The Labute approximate surface area is 206 Å². The second-order valence-corrected chi connectivity index (χ2v) is 9.36. The highest BCUT2D eigenvalue weighted by Gasteiger charge is 2.17. The molecule has 0 aliphatic heterocycles. The molecule has 0 saturated carbocycles. The summed E-state index contributed by atoms with van der Waals surface area (Å²) in [5.74, 6) is -0.128. The number of nitrogens with zero attached hydrogens (tertiary/aromatic N) is 1. The number of rotatable bonds is 10. The highest BCUT2D eigenvalue weighted by molar-refractivity contribution is 8.00. The van der Waals surface area contributed by atoms with Crippen LogP contribution in [0.4, 0.5) is 10.8 Å². The van der Waals surface area contributed by atoms with Crippen molar-refractivity contribution < 1.29 is 23.9 Å². The minimum Gasteiger partial charge on any atom is -0.497 e. The van der Waals surface area contributed by atoms with E-state index < -0.39 is 5.25 Å². The Morgan fingerprint density at radius 2 is 1.88 bits per heavy atom. The number of methoxy groups -OCH3 is 1. The molecular weight excluding hydrogens is 474 g/mol. The molecule has 2 aromatic carbocycles. The molecule has 1 heterocycles. The SMILES string of the molecule is CCOC(=O)Cc1csc(NC(=O)C(C)Sc2cccc(NC(=O)c3ccc(OC)cc3)c2)n1. The fourth-order valence-corrected chi connectivity index (χ4v) is 4.50. The van der Waals surface area contributed by atoms with E-state index >= 15 is 0 Å². The topological polar surface area (TPSA) is 107 Å². The zero-order valence-corrected chi connectivity index (χ0v) is 20.6. The molecule has 178 valence electrons. The van der Waals surface area contributed by atoms with E-state index in [4.69, 9.17) is 9.47 Å². The van der Waals surface area contributed by atoms with Crippen molar-refractivity contribution in [3.8, 4) is 5.75 Å². The summed E-state index contributed by atoms with van der Waals surface area (Å²) in [5.41, 5.74) is 1.69.